The van der Waals surface area contributed by atoms with Crippen LogP contribution in [0.1, 0.15) is 44.9 Å². The predicted molar refractivity (Wildman–Crippen MR) is 108 cm³/mol. The van der Waals surface area contributed by atoms with Crippen LogP contribution in [-0.4, -0.2) is 66.7 Å². The average molecular weight is 405 g/mol. The fourth-order valence-corrected chi connectivity index (χ4v) is 4.31. The number of likely N-dealkylation sites (tertiary alicyclic amines) is 1. The predicted octanol–water partition coefficient (Wildman–Crippen LogP) is 2.71. The van der Waals surface area contributed by atoms with Gasteiger partial charge in [0.2, 0.25) is 0 Å². The highest BCUT2D eigenvalue weighted by atomic mass is 16.6. The molecule has 0 bridgehead atoms. The van der Waals surface area contributed by atoms with Crippen LogP contribution in [0.25, 0.3) is 0 Å². The largest absolute Gasteiger partial charge is 0.486 e. The molecule has 0 spiro atoms. The normalized spacial score (nSPS) is 24.2. The number of nitrogens with one attached hydrogen (secondary N) is 1. The van der Waals surface area contributed by atoms with Crippen molar-refractivity contribution < 1.29 is 24.1 Å². The van der Waals surface area contributed by atoms with Crippen molar-refractivity contribution in [2.45, 2.75) is 69.3 Å². The second kappa shape index (κ2) is 9.67. The van der Waals surface area contributed by atoms with Gasteiger partial charge < -0.3 is 29.5 Å². The van der Waals surface area contributed by atoms with E-state index in [-0.39, 0.29) is 24.3 Å². The van der Waals surface area contributed by atoms with E-state index < -0.39 is 6.10 Å². The zero-order chi connectivity index (χ0) is 20.1. The maximum Gasteiger partial charge on any atom is 0.410 e. The molecule has 1 saturated heterocycles. The molecule has 1 aromatic carbocycles. The number of amides is 1. The molecule has 0 radical (unpaired) electrons. The Bertz CT molecular complexity index is 671. The number of piperidine rings is 1. The maximum atomic E-state index is 12.4. The Hall–Kier alpha value is -1.99. The van der Waals surface area contributed by atoms with Gasteiger partial charge in [-0.05, 0) is 50.7 Å². The Kier molecular flexibility index (Phi) is 6.77. The molecule has 4 rings (SSSR count). The maximum absolute atomic E-state index is 12.4. The van der Waals surface area contributed by atoms with E-state index in [0.717, 1.165) is 44.3 Å². The van der Waals surface area contributed by atoms with Crippen molar-refractivity contribution in [3.05, 3.63) is 24.3 Å². The lowest BCUT2D eigenvalue weighted by molar-refractivity contribution is -0.0113. The van der Waals surface area contributed by atoms with E-state index in [4.69, 9.17) is 14.2 Å². The SMILES string of the molecule is O=C(OC1CCCCC1)N1CCC(NCC(O)C2COc3ccccc3O2)CC1. The number of carbonyl (C=O) groups excluding carboxylic acids is 1. The number of carbonyl (C=O) groups is 1. The Labute approximate surface area is 172 Å². The molecule has 2 atom stereocenters. The molecule has 3 aliphatic rings. The Morgan fingerprint density at radius 1 is 1.14 bits per heavy atom. The first kappa shape index (κ1) is 20.3. The van der Waals surface area contributed by atoms with E-state index in [1.807, 2.05) is 29.2 Å². The number of benzene rings is 1. The summed E-state index contributed by atoms with van der Waals surface area (Å²) >= 11 is 0. The first-order valence-electron chi connectivity index (χ1n) is 10.9. The fraction of sp³-hybridized carbons (Fsp3) is 0.682. The third-order valence-corrected chi connectivity index (χ3v) is 6.15. The van der Waals surface area contributed by atoms with Crippen LogP contribution in [0.2, 0.25) is 0 Å². The number of aliphatic hydroxyl groups excluding tert-OH is 1. The zero-order valence-electron chi connectivity index (χ0n) is 16.9. The van der Waals surface area contributed by atoms with Gasteiger partial charge in [-0.3, -0.25) is 0 Å². The topological polar surface area (TPSA) is 80.3 Å². The number of hydrogen-bond donors (Lipinski definition) is 2. The number of aliphatic hydroxyl groups is 1. The van der Waals surface area contributed by atoms with Gasteiger partial charge in [-0.15, -0.1) is 0 Å². The average Bonchev–Trinajstić information content (AvgIpc) is 2.78. The molecule has 2 N–H and O–H groups in total. The van der Waals surface area contributed by atoms with Crippen molar-refractivity contribution in [1.82, 2.24) is 10.2 Å². The van der Waals surface area contributed by atoms with Gasteiger partial charge >= 0.3 is 6.09 Å². The molecule has 2 unspecified atom stereocenters. The third kappa shape index (κ3) is 5.34. The van der Waals surface area contributed by atoms with Crippen molar-refractivity contribution in [2.75, 3.05) is 26.2 Å². The first-order valence-corrected chi connectivity index (χ1v) is 10.9. The van der Waals surface area contributed by atoms with Crippen LogP contribution in [0.15, 0.2) is 24.3 Å². The van der Waals surface area contributed by atoms with Crippen LogP contribution in [-0.2, 0) is 4.74 Å². The molecular weight excluding hydrogens is 372 g/mol. The molecule has 7 heteroatoms. The highest BCUT2D eigenvalue weighted by Crippen LogP contribution is 2.31. The van der Waals surface area contributed by atoms with Gasteiger partial charge in [0.05, 0.1) is 0 Å². The van der Waals surface area contributed by atoms with Gasteiger partial charge in [-0.25, -0.2) is 4.79 Å². The Morgan fingerprint density at radius 2 is 1.86 bits per heavy atom. The first-order chi connectivity index (χ1) is 14.2. The summed E-state index contributed by atoms with van der Waals surface area (Å²) in [6.45, 7) is 2.16. The summed E-state index contributed by atoms with van der Waals surface area (Å²) in [6.07, 6.45) is 6.18. The van der Waals surface area contributed by atoms with Crippen molar-refractivity contribution >= 4 is 6.09 Å². The summed E-state index contributed by atoms with van der Waals surface area (Å²) in [5.41, 5.74) is 0. The molecule has 1 aliphatic carbocycles. The molecule has 7 nitrogen and oxygen atoms in total. The van der Waals surface area contributed by atoms with Crippen LogP contribution in [0.4, 0.5) is 4.79 Å². The summed E-state index contributed by atoms with van der Waals surface area (Å²) in [5, 5.41) is 13.9. The Balaban J connectivity index is 1.16. The lowest BCUT2D eigenvalue weighted by Gasteiger charge is -2.34. The summed E-state index contributed by atoms with van der Waals surface area (Å²) in [5.74, 6) is 1.39. The van der Waals surface area contributed by atoms with Gasteiger partial charge in [0, 0.05) is 25.7 Å². The monoisotopic (exact) mass is 404 g/mol. The number of rotatable bonds is 5. The molecule has 2 aliphatic heterocycles. The van der Waals surface area contributed by atoms with Crippen molar-refractivity contribution in [1.29, 1.82) is 0 Å². The number of ether oxygens (including phenoxy) is 3. The number of fused-ring (bicyclic) bond motifs is 1. The van der Waals surface area contributed by atoms with E-state index in [0.29, 0.717) is 32.0 Å². The van der Waals surface area contributed by atoms with E-state index in [9.17, 15) is 9.90 Å². The molecule has 2 heterocycles. The zero-order valence-corrected chi connectivity index (χ0v) is 16.9. The smallest absolute Gasteiger partial charge is 0.410 e. The van der Waals surface area contributed by atoms with E-state index in [2.05, 4.69) is 5.32 Å². The van der Waals surface area contributed by atoms with Gasteiger partial charge in [-0.1, -0.05) is 18.6 Å². The van der Waals surface area contributed by atoms with E-state index in [1.165, 1.54) is 6.42 Å². The quantitative estimate of drug-likeness (QED) is 0.786. The van der Waals surface area contributed by atoms with Crippen molar-refractivity contribution in [2.24, 2.45) is 0 Å². The van der Waals surface area contributed by atoms with Crippen LogP contribution >= 0.6 is 0 Å². The number of nitrogens with zero attached hydrogens (tertiary/aromatic N) is 1. The number of hydrogen-bond acceptors (Lipinski definition) is 6. The van der Waals surface area contributed by atoms with E-state index in [1.54, 1.807) is 0 Å². The summed E-state index contributed by atoms with van der Waals surface area (Å²) in [6, 6.07) is 7.78. The van der Waals surface area contributed by atoms with Gasteiger partial charge in [0.15, 0.2) is 17.6 Å². The molecule has 1 aromatic rings. The molecular formula is C22H32N2O5. The second-order valence-electron chi connectivity index (χ2n) is 8.29. The molecule has 1 amide bonds. The minimum atomic E-state index is -0.655. The summed E-state index contributed by atoms with van der Waals surface area (Å²) in [7, 11) is 0. The van der Waals surface area contributed by atoms with E-state index >= 15 is 0 Å². The molecule has 1 saturated carbocycles. The lowest BCUT2D eigenvalue weighted by atomic mass is 9.98. The molecule has 2 fully saturated rings. The molecule has 160 valence electrons. The molecule has 0 aromatic heterocycles. The van der Waals surface area contributed by atoms with Crippen molar-refractivity contribution in [3.63, 3.8) is 0 Å². The highest BCUT2D eigenvalue weighted by Gasteiger charge is 2.30. The third-order valence-electron chi connectivity index (χ3n) is 6.15. The summed E-state index contributed by atoms with van der Waals surface area (Å²) < 4.78 is 17.2. The van der Waals surface area contributed by atoms with Crippen LogP contribution in [0.3, 0.4) is 0 Å². The second-order valence-corrected chi connectivity index (χ2v) is 8.29. The van der Waals surface area contributed by atoms with Gasteiger partial charge in [0.25, 0.3) is 0 Å². The minimum Gasteiger partial charge on any atom is -0.486 e. The highest BCUT2D eigenvalue weighted by molar-refractivity contribution is 5.68. The van der Waals surface area contributed by atoms with Crippen molar-refractivity contribution in [3.8, 4) is 11.5 Å². The Morgan fingerprint density at radius 3 is 2.62 bits per heavy atom. The van der Waals surface area contributed by atoms with Crippen LogP contribution in [0, 0.1) is 0 Å². The number of para-hydroxylation sites is 2. The van der Waals surface area contributed by atoms with Crippen LogP contribution < -0.4 is 14.8 Å². The fourth-order valence-electron chi connectivity index (χ4n) is 4.31. The minimum absolute atomic E-state index is 0.102. The lowest BCUT2D eigenvalue weighted by Crippen LogP contribution is -2.50. The van der Waals surface area contributed by atoms with Crippen LogP contribution in [0.5, 0.6) is 11.5 Å². The van der Waals surface area contributed by atoms with Gasteiger partial charge in [0.1, 0.15) is 18.8 Å². The molecule has 29 heavy (non-hydrogen) atoms. The summed E-state index contributed by atoms with van der Waals surface area (Å²) in [4.78, 5) is 14.2. The van der Waals surface area contributed by atoms with Gasteiger partial charge in [-0.2, -0.15) is 0 Å². The standard InChI is InChI=1S/C22H32N2O5/c25-18(21-15-27-19-8-4-5-9-20(19)29-21)14-23-16-10-12-24(13-11-16)22(26)28-17-6-2-1-3-7-17/h4-5,8-9,16-18,21,23,25H,1-3,6-7,10-15H2.